The van der Waals surface area contributed by atoms with Crippen molar-refractivity contribution in [1.29, 1.82) is 0 Å². The van der Waals surface area contributed by atoms with Gasteiger partial charge in [-0.3, -0.25) is 9.59 Å². The summed E-state index contributed by atoms with van der Waals surface area (Å²) >= 11 is 0. The fraction of sp³-hybridized carbons (Fsp3) is 0.231. The highest BCUT2D eigenvalue weighted by atomic mass is 16.7. The van der Waals surface area contributed by atoms with Crippen LogP contribution in [0.1, 0.15) is 25.3 Å². The first-order valence-electron chi connectivity index (χ1n) is 5.57. The Morgan fingerprint density at radius 2 is 1.74 bits per heavy atom. The SMILES string of the molecule is CC(=O)OC(=O)CCC(=O)ON=Cc1ccccc1. The Morgan fingerprint density at radius 3 is 2.37 bits per heavy atom. The maximum Gasteiger partial charge on any atom is 0.335 e. The topological polar surface area (TPSA) is 82.0 Å². The molecule has 6 nitrogen and oxygen atoms in total. The van der Waals surface area contributed by atoms with Gasteiger partial charge >= 0.3 is 17.9 Å². The molecule has 0 amide bonds. The van der Waals surface area contributed by atoms with E-state index in [-0.39, 0.29) is 12.8 Å². The number of oxime groups is 1. The Labute approximate surface area is 110 Å². The first-order valence-corrected chi connectivity index (χ1v) is 5.57. The number of hydrogen-bond acceptors (Lipinski definition) is 6. The number of carbonyl (C=O) groups is 3. The summed E-state index contributed by atoms with van der Waals surface area (Å²) in [7, 11) is 0. The second-order valence-electron chi connectivity index (χ2n) is 3.57. The maximum absolute atomic E-state index is 11.2. The molecule has 0 spiro atoms. The fourth-order valence-electron chi connectivity index (χ4n) is 1.15. The molecule has 0 bridgehead atoms. The zero-order valence-corrected chi connectivity index (χ0v) is 10.4. The van der Waals surface area contributed by atoms with E-state index in [1.807, 2.05) is 18.2 Å². The predicted octanol–water partition coefficient (Wildman–Crippen LogP) is 1.43. The number of benzene rings is 1. The van der Waals surface area contributed by atoms with Crippen LogP contribution >= 0.6 is 0 Å². The van der Waals surface area contributed by atoms with Crippen LogP contribution in [0, 0.1) is 0 Å². The monoisotopic (exact) mass is 263 g/mol. The highest BCUT2D eigenvalue weighted by Crippen LogP contribution is 1.98. The molecule has 0 saturated carbocycles. The van der Waals surface area contributed by atoms with Crippen LogP contribution < -0.4 is 0 Å². The van der Waals surface area contributed by atoms with E-state index in [0.717, 1.165) is 12.5 Å². The lowest BCUT2D eigenvalue weighted by molar-refractivity contribution is -0.160. The summed E-state index contributed by atoms with van der Waals surface area (Å²) in [6.07, 6.45) is 0.962. The first-order chi connectivity index (χ1) is 9.08. The summed E-state index contributed by atoms with van der Waals surface area (Å²) in [6, 6.07) is 9.08. The molecule has 0 aromatic heterocycles. The molecule has 0 aliphatic rings. The molecule has 0 atom stereocenters. The molecule has 100 valence electrons. The van der Waals surface area contributed by atoms with E-state index in [1.54, 1.807) is 12.1 Å². The van der Waals surface area contributed by atoms with Gasteiger partial charge in [0.2, 0.25) is 0 Å². The van der Waals surface area contributed by atoms with Crippen LogP contribution in [-0.2, 0) is 24.0 Å². The number of nitrogens with zero attached hydrogens (tertiary/aromatic N) is 1. The van der Waals surface area contributed by atoms with Gasteiger partial charge in [-0.15, -0.1) is 0 Å². The third kappa shape index (κ3) is 6.72. The fourth-order valence-corrected chi connectivity index (χ4v) is 1.15. The van der Waals surface area contributed by atoms with Crippen LogP contribution in [0.15, 0.2) is 35.5 Å². The van der Waals surface area contributed by atoms with Crippen molar-refractivity contribution >= 4 is 24.1 Å². The van der Waals surface area contributed by atoms with Gasteiger partial charge < -0.3 is 9.57 Å². The second-order valence-corrected chi connectivity index (χ2v) is 3.57. The first kappa shape index (κ1) is 14.6. The Balaban J connectivity index is 2.27. The van der Waals surface area contributed by atoms with Gasteiger partial charge in [0.1, 0.15) is 0 Å². The zero-order chi connectivity index (χ0) is 14.1. The largest absolute Gasteiger partial charge is 0.393 e. The molecule has 1 aromatic rings. The molecule has 0 fully saturated rings. The molecule has 0 unspecified atom stereocenters. The van der Waals surface area contributed by atoms with E-state index in [0.29, 0.717) is 0 Å². The zero-order valence-electron chi connectivity index (χ0n) is 10.4. The van der Waals surface area contributed by atoms with Crippen LogP contribution in [0.5, 0.6) is 0 Å². The molecule has 1 rings (SSSR count). The summed E-state index contributed by atoms with van der Waals surface area (Å²) in [5.74, 6) is -2.15. The smallest absolute Gasteiger partial charge is 0.335 e. The van der Waals surface area contributed by atoms with Crippen molar-refractivity contribution in [2.24, 2.45) is 5.16 Å². The molecular weight excluding hydrogens is 250 g/mol. The van der Waals surface area contributed by atoms with Crippen LogP contribution in [-0.4, -0.2) is 24.1 Å². The third-order valence-electron chi connectivity index (χ3n) is 1.95. The molecule has 0 aliphatic carbocycles. The lowest BCUT2D eigenvalue weighted by Crippen LogP contribution is -2.11. The van der Waals surface area contributed by atoms with Gasteiger partial charge in [-0.05, 0) is 5.56 Å². The molecule has 0 saturated heterocycles. The Kier molecular flexibility index (Phi) is 5.94. The lowest BCUT2D eigenvalue weighted by Gasteiger charge is -1.98. The number of rotatable bonds is 5. The van der Waals surface area contributed by atoms with Gasteiger partial charge in [0.15, 0.2) is 0 Å². The summed E-state index contributed by atoms with van der Waals surface area (Å²) in [5, 5.41) is 3.49. The van der Waals surface area contributed by atoms with Crippen molar-refractivity contribution in [2.75, 3.05) is 0 Å². The molecule has 6 heteroatoms. The third-order valence-corrected chi connectivity index (χ3v) is 1.95. The highest BCUT2D eigenvalue weighted by Gasteiger charge is 2.10. The number of carbonyl (C=O) groups excluding carboxylic acids is 3. The molecule has 0 heterocycles. The molecule has 0 aliphatic heterocycles. The van der Waals surface area contributed by atoms with Gasteiger partial charge in [0, 0.05) is 6.92 Å². The van der Waals surface area contributed by atoms with Crippen molar-refractivity contribution in [3.05, 3.63) is 35.9 Å². The van der Waals surface area contributed by atoms with Gasteiger partial charge in [-0.1, -0.05) is 35.5 Å². The van der Waals surface area contributed by atoms with E-state index < -0.39 is 17.9 Å². The van der Waals surface area contributed by atoms with Crippen molar-refractivity contribution in [3.63, 3.8) is 0 Å². The van der Waals surface area contributed by atoms with E-state index in [1.165, 1.54) is 6.21 Å². The minimum absolute atomic E-state index is 0.196. The summed E-state index contributed by atoms with van der Waals surface area (Å²) < 4.78 is 4.25. The Morgan fingerprint density at radius 1 is 1.11 bits per heavy atom. The molecule has 19 heavy (non-hydrogen) atoms. The van der Waals surface area contributed by atoms with E-state index in [9.17, 15) is 14.4 Å². The number of ether oxygens (including phenoxy) is 1. The predicted molar refractivity (Wildman–Crippen MR) is 66.1 cm³/mol. The average molecular weight is 263 g/mol. The normalized spacial score (nSPS) is 10.2. The van der Waals surface area contributed by atoms with Crippen LogP contribution in [0.25, 0.3) is 0 Å². The lowest BCUT2D eigenvalue weighted by atomic mass is 10.2. The van der Waals surface area contributed by atoms with Crippen molar-refractivity contribution < 1.29 is 24.0 Å². The molecular formula is C13H13NO5. The van der Waals surface area contributed by atoms with E-state index >= 15 is 0 Å². The average Bonchev–Trinajstić information content (AvgIpc) is 2.37. The summed E-state index contributed by atoms with van der Waals surface area (Å²) in [6.45, 7) is 1.11. The van der Waals surface area contributed by atoms with Crippen molar-refractivity contribution in [3.8, 4) is 0 Å². The highest BCUT2D eigenvalue weighted by molar-refractivity contribution is 5.86. The minimum Gasteiger partial charge on any atom is -0.393 e. The second kappa shape index (κ2) is 7.75. The Hall–Kier alpha value is -2.50. The number of hydrogen-bond donors (Lipinski definition) is 0. The minimum atomic E-state index is -0.767. The van der Waals surface area contributed by atoms with Crippen molar-refractivity contribution in [1.82, 2.24) is 0 Å². The summed E-state index contributed by atoms with van der Waals surface area (Å²) in [5.41, 5.74) is 0.784. The maximum atomic E-state index is 11.2. The molecule has 0 N–H and O–H groups in total. The quantitative estimate of drug-likeness (QED) is 0.264. The van der Waals surface area contributed by atoms with Gasteiger partial charge in [0.25, 0.3) is 0 Å². The van der Waals surface area contributed by atoms with E-state index in [4.69, 9.17) is 0 Å². The van der Waals surface area contributed by atoms with Gasteiger partial charge in [-0.25, -0.2) is 4.79 Å². The van der Waals surface area contributed by atoms with Crippen LogP contribution in [0.2, 0.25) is 0 Å². The van der Waals surface area contributed by atoms with Gasteiger partial charge in [-0.2, -0.15) is 0 Å². The van der Waals surface area contributed by atoms with Crippen molar-refractivity contribution in [2.45, 2.75) is 19.8 Å². The van der Waals surface area contributed by atoms with Crippen LogP contribution in [0.3, 0.4) is 0 Å². The Bertz CT molecular complexity index is 481. The number of esters is 2. The summed E-state index contributed by atoms with van der Waals surface area (Å²) in [4.78, 5) is 37.1. The van der Waals surface area contributed by atoms with Crippen LogP contribution in [0.4, 0.5) is 0 Å². The molecule has 1 aromatic carbocycles. The van der Waals surface area contributed by atoms with Gasteiger partial charge in [0.05, 0.1) is 19.1 Å². The van der Waals surface area contributed by atoms with E-state index in [2.05, 4.69) is 14.7 Å². The standard InChI is InChI=1S/C13H13NO5/c1-10(15)18-12(16)7-8-13(17)19-14-9-11-5-3-2-4-6-11/h2-6,9H,7-8H2,1H3. The molecule has 0 radical (unpaired) electrons.